The number of hydrogen-bond donors (Lipinski definition) is 0. The van der Waals surface area contributed by atoms with Crippen molar-refractivity contribution in [2.45, 2.75) is 27.7 Å². The van der Waals surface area contributed by atoms with Gasteiger partial charge in [-0.1, -0.05) is 32.0 Å². The standard InChI is InChI=1S/C12H14N2S.C2H6/c1-9-10(2)15-12(14(9)3)13-11-7-5-4-6-8-11;1-2/h4-8H,1-3H3;1-2H3/i7T;. The molecular weight excluding hydrogens is 228 g/mol. The van der Waals surface area contributed by atoms with Gasteiger partial charge >= 0.3 is 0 Å². The number of para-hydroxylation sites is 1. The van der Waals surface area contributed by atoms with Gasteiger partial charge in [0.1, 0.15) is 0 Å². The Bertz CT molecular complexity index is 582. The van der Waals surface area contributed by atoms with Crippen molar-refractivity contribution in [3.05, 3.63) is 45.7 Å². The van der Waals surface area contributed by atoms with Crippen molar-refractivity contribution < 1.29 is 1.37 Å². The van der Waals surface area contributed by atoms with Crippen LogP contribution in [0.1, 0.15) is 25.8 Å². The second kappa shape index (κ2) is 6.40. The molecule has 2 rings (SSSR count). The van der Waals surface area contributed by atoms with E-state index in [0.29, 0.717) is 6.04 Å². The first kappa shape index (κ1) is 12.1. The molecule has 0 saturated heterocycles. The van der Waals surface area contributed by atoms with Gasteiger partial charge in [-0.05, 0) is 26.0 Å². The van der Waals surface area contributed by atoms with Gasteiger partial charge in [0.2, 0.25) is 0 Å². The van der Waals surface area contributed by atoms with Crippen molar-refractivity contribution >= 4 is 17.0 Å². The third-order valence-corrected chi connectivity index (χ3v) is 3.60. The normalized spacial score (nSPS) is 11.8. The largest absolute Gasteiger partial charge is 0.324 e. The van der Waals surface area contributed by atoms with Crippen LogP contribution in [0, 0.1) is 13.8 Å². The molecular formula is C14H20N2S. The number of nitrogens with zero attached hydrogens (tertiary/aromatic N) is 2. The predicted octanol–water partition coefficient (Wildman–Crippen LogP) is 3.96. The summed E-state index contributed by atoms with van der Waals surface area (Å²) in [7, 11) is 2.00. The smallest absolute Gasteiger partial charge is 0.190 e. The Balaban J connectivity index is 0.000000771. The van der Waals surface area contributed by atoms with Gasteiger partial charge < -0.3 is 4.57 Å². The minimum absolute atomic E-state index is 0.464. The van der Waals surface area contributed by atoms with E-state index in [1.165, 1.54) is 10.6 Å². The lowest BCUT2D eigenvalue weighted by molar-refractivity contribution is 0.830. The van der Waals surface area contributed by atoms with E-state index in [1.807, 2.05) is 39.1 Å². The van der Waals surface area contributed by atoms with Crippen LogP contribution in [0.3, 0.4) is 0 Å². The summed E-state index contributed by atoms with van der Waals surface area (Å²) in [4.78, 5) is 6.72. The summed E-state index contributed by atoms with van der Waals surface area (Å²) in [5, 5.41) is 0. The molecule has 0 bridgehead atoms. The minimum Gasteiger partial charge on any atom is -0.324 e. The molecule has 1 aromatic heterocycles. The summed E-state index contributed by atoms with van der Waals surface area (Å²) in [5.41, 5.74) is 1.95. The SMILES string of the molecule is CC.[3H]c1ccccc1N=c1sc(C)c(C)n1C. The van der Waals surface area contributed by atoms with Gasteiger partial charge in [0.05, 0.1) is 7.06 Å². The zero-order chi connectivity index (χ0) is 13.7. The summed E-state index contributed by atoms with van der Waals surface area (Å²) in [6, 6.07) is 7.85. The first-order chi connectivity index (χ1) is 8.59. The monoisotopic (exact) mass is 250 g/mol. The van der Waals surface area contributed by atoms with Crippen molar-refractivity contribution in [2.75, 3.05) is 0 Å². The number of hydrogen-bond acceptors (Lipinski definition) is 2. The van der Waals surface area contributed by atoms with Crippen LogP contribution in [0.4, 0.5) is 5.69 Å². The Morgan fingerprint density at radius 1 is 1.24 bits per heavy atom. The van der Waals surface area contributed by atoms with Gasteiger partial charge in [-0.3, -0.25) is 0 Å². The van der Waals surface area contributed by atoms with E-state index in [1.54, 1.807) is 17.4 Å². The molecule has 2 nitrogen and oxygen atoms in total. The van der Waals surface area contributed by atoms with Gasteiger partial charge in [0.25, 0.3) is 0 Å². The van der Waals surface area contributed by atoms with Crippen LogP contribution in [0.25, 0.3) is 0 Å². The molecule has 17 heavy (non-hydrogen) atoms. The molecule has 0 atom stereocenters. The number of rotatable bonds is 1. The quantitative estimate of drug-likeness (QED) is 0.729. The fourth-order valence-corrected chi connectivity index (χ4v) is 2.29. The predicted molar refractivity (Wildman–Crippen MR) is 75.8 cm³/mol. The van der Waals surface area contributed by atoms with Crippen molar-refractivity contribution in [3.63, 3.8) is 0 Å². The van der Waals surface area contributed by atoms with E-state index in [9.17, 15) is 0 Å². The number of benzene rings is 1. The van der Waals surface area contributed by atoms with E-state index in [-0.39, 0.29) is 0 Å². The van der Waals surface area contributed by atoms with Crippen LogP contribution in [0.15, 0.2) is 35.3 Å². The average molecular weight is 250 g/mol. The molecule has 2 aromatic rings. The third kappa shape index (κ3) is 3.30. The van der Waals surface area contributed by atoms with Gasteiger partial charge in [0, 0.05) is 17.6 Å². The van der Waals surface area contributed by atoms with Gasteiger partial charge in [-0.2, -0.15) is 0 Å². The van der Waals surface area contributed by atoms with Crippen molar-refractivity contribution in [2.24, 2.45) is 12.0 Å². The maximum absolute atomic E-state index is 7.75. The number of aromatic nitrogens is 1. The first-order valence-corrected chi connectivity index (χ1v) is 6.64. The molecule has 0 N–H and O–H groups in total. The molecule has 0 radical (unpaired) electrons. The van der Waals surface area contributed by atoms with Crippen LogP contribution in [0.5, 0.6) is 0 Å². The van der Waals surface area contributed by atoms with Gasteiger partial charge in [-0.15, -0.1) is 11.3 Å². The van der Waals surface area contributed by atoms with Crippen molar-refractivity contribution in [1.82, 2.24) is 4.57 Å². The number of aryl methyl sites for hydroxylation is 1. The molecule has 1 aromatic carbocycles. The van der Waals surface area contributed by atoms with Crippen molar-refractivity contribution in [3.8, 4) is 0 Å². The molecule has 0 spiro atoms. The average Bonchev–Trinajstić information content (AvgIpc) is 2.62. The van der Waals surface area contributed by atoms with Crippen LogP contribution >= 0.6 is 11.3 Å². The van der Waals surface area contributed by atoms with Gasteiger partial charge in [-0.25, -0.2) is 4.99 Å². The summed E-state index contributed by atoms with van der Waals surface area (Å²) in [6.45, 7) is 8.17. The zero-order valence-electron chi connectivity index (χ0n) is 12.1. The summed E-state index contributed by atoms with van der Waals surface area (Å²) in [6.07, 6.45) is 0. The molecule has 1 heterocycles. The van der Waals surface area contributed by atoms with E-state index >= 15 is 0 Å². The lowest BCUT2D eigenvalue weighted by Gasteiger charge is -1.95. The van der Waals surface area contributed by atoms with E-state index < -0.39 is 0 Å². The maximum atomic E-state index is 7.75. The lowest BCUT2D eigenvalue weighted by Crippen LogP contribution is -2.10. The highest BCUT2D eigenvalue weighted by atomic mass is 32.1. The third-order valence-electron chi connectivity index (χ3n) is 2.45. The Kier molecular flexibility index (Phi) is 4.56. The molecule has 0 aliphatic heterocycles. The van der Waals surface area contributed by atoms with Crippen LogP contribution in [-0.2, 0) is 7.05 Å². The molecule has 0 amide bonds. The highest BCUT2D eigenvalue weighted by Gasteiger charge is 2.01. The Morgan fingerprint density at radius 3 is 2.47 bits per heavy atom. The minimum atomic E-state index is 0.464. The fourth-order valence-electron chi connectivity index (χ4n) is 1.31. The highest BCUT2D eigenvalue weighted by Crippen LogP contribution is 2.12. The zero-order valence-corrected chi connectivity index (χ0v) is 11.9. The summed E-state index contributed by atoms with van der Waals surface area (Å²) >= 11 is 1.66. The topological polar surface area (TPSA) is 17.3 Å². The van der Waals surface area contributed by atoms with Crippen LogP contribution in [0.2, 0.25) is 0 Å². The number of thiazole rings is 1. The molecule has 3 heteroatoms. The Labute approximate surface area is 109 Å². The van der Waals surface area contributed by atoms with Crippen molar-refractivity contribution in [1.29, 1.82) is 0 Å². The summed E-state index contributed by atoms with van der Waals surface area (Å²) < 4.78 is 9.81. The second-order valence-corrected chi connectivity index (χ2v) is 4.63. The first-order valence-electron chi connectivity index (χ1n) is 6.33. The second-order valence-electron chi connectivity index (χ2n) is 3.44. The van der Waals surface area contributed by atoms with E-state index in [0.717, 1.165) is 10.5 Å². The molecule has 0 saturated carbocycles. The van der Waals surface area contributed by atoms with E-state index in [4.69, 9.17) is 1.37 Å². The maximum Gasteiger partial charge on any atom is 0.190 e. The highest BCUT2D eigenvalue weighted by molar-refractivity contribution is 7.09. The van der Waals surface area contributed by atoms with E-state index in [2.05, 4.69) is 23.4 Å². The Hall–Kier alpha value is -1.35. The molecule has 0 unspecified atom stereocenters. The lowest BCUT2D eigenvalue weighted by atomic mass is 10.3. The summed E-state index contributed by atoms with van der Waals surface area (Å²) in [5.74, 6) is 0. The molecule has 92 valence electrons. The molecule has 0 fully saturated rings. The fraction of sp³-hybridized carbons (Fsp3) is 0.357. The Morgan fingerprint density at radius 2 is 1.94 bits per heavy atom. The van der Waals surface area contributed by atoms with Gasteiger partial charge in [0.15, 0.2) is 4.80 Å². The molecule has 0 aliphatic carbocycles. The van der Waals surface area contributed by atoms with Crippen LogP contribution < -0.4 is 4.80 Å². The van der Waals surface area contributed by atoms with Crippen LogP contribution in [-0.4, -0.2) is 4.57 Å². The molecule has 0 aliphatic rings.